The van der Waals surface area contributed by atoms with Crippen molar-refractivity contribution in [1.29, 1.82) is 0 Å². The normalized spacial score (nSPS) is 23.1. The molecule has 1 aliphatic heterocycles. The summed E-state index contributed by atoms with van der Waals surface area (Å²) in [6.07, 6.45) is 0.372. The van der Waals surface area contributed by atoms with Crippen LogP contribution in [0.5, 0.6) is 5.75 Å². The van der Waals surface area contributed by atoms with E-state index in [0.717, 1.165) is 0 Å². The molecule has 1 aromatic carbocycles. The Morgan fingerprint density at radius 3 is 2.56 bits per heavy atom. The van der Waals surface area contributed by atoms with Crippen molar-refractivity contribution in [1.82, 2.24) is 4.31 Å². The molecule has 10 heteroatoms. The van der Waals surface area contributed by atoms with Gasteiger partial charge in [0.05, 0.1) is 26.2 Å². The van der Waals surface area contributed by atoms with Crippen LogP contribution in [0.4, 0.5) is 5.69 Å². The molecule has 1 N–H and O–H groups in total. The fourth-order valence-electron chi connectivity index (χ4n) is 2.61. The summed E-state index contributed by atoms with van der Waals surface area (Å²) in [6.45, 7) is 1.22. The Balaban J connectivity index is 1.86. The van der Waals surface area contributed by atoms with Gasteiger partial charge in [0.2, 0.25) is 15.9 Å². The number of hydrogen-bond donors (Lipinski definition) is 1. The van der Waals surface area contributed by atoms with Crippen molar-refractivity contribution < 1.29 is 22.7 Å². The number of nitrogens with one attached hydrogen (secondary N) is 1. The molecule has 2 aliphatic rings. The Bertz CT molecular complexity index is 778. The maximum atomic E-state index is 12.9. The summed E-state index contributed by atoms with van der Waals surface area (Å²) < 4.78 is 36.5. The Morgan fingerprint density at radius 2 is 2.00 bits per heavy atom. The molecule has 0 aromatic heterocycles. The predicted molar refractivity (Wildman–Crippen MR) is 93.7 cm³/mol. The van der Waals surface area contributed by atoms with Crippen LogP contribution >= 0.6 is 23.2 Å². The largest absolute Gasteiger partial charge is 0.495 e. The summed E-state index contributed by atoms with van der Waals surface area (Å²) in [6, 6.07) is 4.46. The van der Waals surface area contributed by atoms with Gasteiger partial charge in [-0.3, -0.25) is 4.79 Å². The smallest absolute Gasteiger partial charge is 0.246 e. The van der Waals surface area contributed by atoms with Crippen molar-refractivity contribution in [2.75, 3.05) is 38.7 Å². The van der Waals surface area contributed by atoms with Crippen LogP contribution in [0.15, 0.2) is 23.1 Å². The highest BCUT2D eigenvalue weighted by Crippen LogP contribution is 2.53. The van der Waals surface area contributed by atoms with Crippen molar-refractivity contribution in [3.8, 4) is 5.75 Å². The van der Waals surface area contributed by atoms with E-state index in [1.165, 1.54) is 23.5 Å². The van der Waals surface area contributed by atoms with Gasteiger partial charge in [-0.25, -0.2) is 8.42 Å². The third kappa shape index (κ3) is 3.88. The minimum Gasteiger partial charge on any atom is -0.495 e. The SMILES string of the molecule is COc1ccc(NC(=O)[C@H]2CC2(Cl)Cl)cc1S(=O)(=O)N1CCOCC1. The molecule has 1 amide bonds. The summed E-state index contributed by atoms with van der Waals surface area (Å²) in [5.74, 6) is -0.637. The molecular formula is C15H18Cl2N2O5S. The van der Waals surface area contributed by atoms with Gasteiger partial charge in [0.1, 0.15) is 15.0 Å². The number of carbonyl (C=O) groups excluding carboxylic acids is 1. The Hall–Kier alpha value is -1.06. The maximum Gasteiger partial charge on any atom is 0.246 e. The standard InChI is InChI=1S/C15H18Cl2N2O5S/c1-23-12-3-2-10(18-14(20)11-9-15(11,16)17)8-13(12)25(21,22)19-4-6-24-7-5-19/h2-3,8,11H,4-7,9H2,1H3,(H,18,20)/t11-/m1/s1. The van der Waals surface area contributed by atoms with Crippen molar-refractivity contribution >= 4 is 44.8 Å². The maximum absolute atomic E-state index is 12.9. The first-order chi connectivity index (χ1) is 11.8. The second-order valence-corrected chi connectivity index (χ2v) is 9.34. The van der Waals surface area contributed by atoms with Gasteiger partial charge in [0, 0.05) is 18.8 Å². The summed E-state index contributed by atoms with van der Waals surface area (Å²) in [4.78, 5) is 12.1. The minimum atomic E-state index is -3.77. The van der Waals surface area contributed by atoms with E-state index in [0.29, 0.717) is 25.3 Å². The number of ether oxygens (including phenoxy) is 2. The third-order valence-electron chi connectivity index (χ3n) is 4.16. The summed E-state index contributed by atoms with van der Waals surface area (Å²) >= 11 is 11.8. The highest BCUT2D eigenvalue weighted by Gasteiger charge is 2.56. The van der Waals surface area contributed by atoms with Crippen LogP contribution in [-0.2, 0) is 19.6 Å². The zero-order valence-corrected chi connectivity index (χ0v) is 15.8. The van der Waals surface area contributed by atoms with E-state index in [4.69, 9.17) is 32.7 Å². The molecular weight excluding hydrogens is 391 g/mol. The number of morpholine rings is 1. The summed E-state index contributed by atoms with van der Waals surface area (Å²) in [5.41, 5.74) is 0.341. The van der Waals surface area contributed by atoms with Gasteiger partial charge in [-0.1, -0.05) is 0 Å². The zero-order chi connectivity index (χ0) is 18.2. The molecule has 7 nitrogen and oxygen atoms in total. The molecule has 1 saturated carbocycles. The molecule has 2 fully saturated rings. The van der Waals surface area contributed by atoms with E-state index in [2.05, 4.69) is 5.32 Å². The van der Waals surface area contributed by atoms with Gasteiger partial charge < -0.3 is 14.8 Å². The third-order valence-corrected chi connectivity index (χ3v) is 6.92. The van der Waals surface area contributed by atoms with Crippen LogP contribution < -0.4 is 10.1 Å². The fourth-order valence-corrected chi connectivity index (χ4v) is 4.71. The van der Waals surface area contributed by atoms with E-state index in [1.807, 2.05) is 0 Å². The molecule has 1 aromatic rings. The molecule has 3 rings (SSSR count). The number of carbonyl (C=O) groups is 1. The molecule has 1 atom stereocenters. The number of anilines is 1. The first-order valence-corrected chi connectivity index (χ1v) is 9.90. The lowest BCUT2D eigenvalue weighted by Gasteiger charge is -2.26. The number of halogens is 2. The van der Waals surface area contributed by atoms with Crippen LogP contribution in [-0.4, -0.2) is 56.4 Å². The molecule has 1 saturated heterocycles. The van der Waals surface area contributed by atoms with E-state index in [-0.39, 0.29) is 29.6 Å². The molecule has 0 bridgehead atoms. The van der Waals surface area contributed by atoms with Crippen LogP contribution in [0, 0.1) is 5.92 Å². The number of sulfonamides is 1. The average molecular weight is 409 g/mol. The zero-order valence-electron chi connectivity index (χ0n) is 13.5. The van der Waals surface area contributed by atoms with Crippen LogP contribution in [0.1, 0.15) is 6.42 Å². The van der Waals surface area contributed by atoms with Crippen molar-refractivity contribution in [3.63, 3.8) is 0 Å². The quantitative estimate of drug-likeness (QED) is 0.751. The Morgan fingerprint density at radius 1 is 1.36 bits per heavy atom. The van der Waals surface area contributed by atoms with Gasteiger partial charge in [0.15, 0.2) is 0 Å². The average Bonchev–Trinajstić information content (AvgIpc) is 3.24. The highest BCUT2D eigenvalue weighted by atomic mass is 35.5. The lowest BCUT2D eigenvalue weighted by molar-refractivity contribution is -0.117. The lowest BCUT2D eigenvalue weighted by atomic mass is 10.3. The first-order valence-electron chi connectivity index (χ1n) is 7.70. The number of hydrogen-bond acceptors (Lipinski definition) is 5. The van der Waals surface area contributed by atoms with Gasteiger partial charge in [-0.2, -0.15) is 4.31 Å². The van der Waals surface area contributed by atoms with E-state index < -0.39 is 20.3 Å². The van der Waals surface area contributed by atoms with Crippen molar-refractivity contribution in [3.05, 3.63) is 18.2 Å². The van der Waals surface area contributed by atoms with Gasteiger partial charge in [-0.05, 0) is 24.6 Å². The van der Waals surface area contributed by atoms with Crippen LogP contribution in [0.25, 0.3) is 0 Å². The number of nitrogens with zero attached hydrogens (tertiary/aromatic N) is 1. The van der Waals surface area contributed by atoms with Gasteiger partial charge >= 0.3 is 0 Å². The first kappa shape index (κ1) is 18.7. The number of benzene rings is 1. The summed E-state index contributed by atoms with van der Waals surface area (Å²) in [7, 11) is -2.37. The number of alkyl halides is 2. The number of methoxy groups -OCH3 is 1. The lowest BCUT2D eigenvalue weighted by Crippen LogP contribution is -2.40. The Kier molecular flexibility index (Phi) is 5.18. The van der Waals surface area contributed by atoms with E-state index >= 15 is 0 Å². The highest BCUT2D eigenvalue weighted by molar-refractivity contribution is 7.89. The van der Waals surface area contributed by atoms with Crippen LogP contribution in [0.2, 0.25) is 0 Å². The monoisotopic (exact) mass is 408 g/mol. The predicted octanol–water partition coefficient (Wildman–Crippen LogP) is 1.85. The molecule has 1 aliphatic carbocycles. The molecule has 0 spiro atoms. The molecule has 25 heavy (non-hydrogen) atoms. The fraction of sp³-hybridized carbons (Fsp3) is 0.533. The molecule has 0 radical (unpaired) electrons. The molecule has 138 valence electrons. The van der Waals surface area contributed by atoms with Crippen LogP contribution in [0.3, 0.4) is 0 Å². The van der Waals surface area contributed by atoms with Crippen molar-refractivity contribution in [2.45, 2.75) is 15.6 Å². The van der Waals surface area contributed by atoms with Gasteiger partial charge in [0.25, 0.3) is 0 Å². The number of rotatable bonds is 5. The van der Waals surface area contributed by atoms with E-state index in [9.17, 15) is 13.2 Å². The van der Waals surface area contributed by atoms with Gasteiger partial charge in [-0.15, -0.1) is 23.2 Å². The minimum absolute atomic E-state index is 0.00601. The molecule has 0 unspecified atom stereocenters. The topological polar surface area (TPSA) is 84.9 Å². The second kappa shape index (κ2) is 6.92. The van der Waals surface area contributed by atoms with E-state index in [1.54, 1.807) is 6.07 Å². The summed E-state index contributed by atoms with van der Waals surface area (Å²) in [5, 5.41) is 2.66. The molecule has 1 heterocycles. The number of amides is 1. The Labute approximate surface area is 156 Å². The van der Waals surface area contributed by atoms with Crippen molar-refractivity contribution in [2.24, 2.45) is 5.92 Å². The second-order valence-electron chi connectivity index (χ2n) is 5.89.